The first-order chi connectivity index (χ1) is 12.7. The Balaban J connectivity index is 1.60. The third-order valence-corrected chi connectivity index (χ3v) is 6.09. The van der Waals surface area contributed by atoms with Gasteiger partial charge in [-0.1, -0.05) is 61.4 Å². The van der Waals surface area contributed by atoms with E-state index in [4.69, 9.17) is 0 Å². The van der Waals surface area contributed by atoms with Crippen LogP contribution in [0.15, 0.2) is 35.5 Å². The van der Waals surface area contributed by atoms with Crippen molar-refractivity contribution in [2.75, 3.05) is 6.54 Å². The highest BCUT2D eigenvalue weighted by molar-refractivity contribution is 8.00. The number of rotatable bonds is 7. The summed E-state index contributed by atoms with van der Waals surface area (Å²) in [6, 6.07) is 10.1. The van der Waals surface area contributed by atoms with Crippen LogP contribution in [0, 0.1) is 5.92 Å². The molecular formula is C20H28N4OS. The number of nitrogens with zero attached hydrogens (tertiary/aromatic N) is 3. The van der Waals surface area contributed by atoms with Crippen molar-refractivity contribution in [3.8, 4) is 11.4 Å². The average Bonchev–Trinajstić information content (AvgIpc) is 3.10. The van der Waals surface area contributed by atoms with Crippen LogP contribution in [0.1, 0.15) is 46.0 Å². The first kappa shape index (κ1) is 19.0. The Kier molecular flexibility index (Phi) is 6.72. The number of carbonyl (C=O) groups is 1. The van der Waals surface area contributed by atoms with Crippen LogP contribution in [0.25, 0.3) is 11.4 Å². The smallest absolute Gasteiger partial charge is 0.233 e. The second-order valence-electron chi connectivity index (χ2n) is 6.93. The van der Waals surface area contributed by atoms with E-state index < -0.39 is 0 Å². The standard InChI is InChI=1S/C20H28N4OS/c1-3-24-18(17-12-8-5-9-13-17)22-23-20(24)26-15(2)19(25)21-14-16-10-6-4-7-11-16/h5,8-9,12-13,15-16H,3-4,6-7,10-11,14H2,1-2H3,(H,21,25)/t15-/m1/s1. The molecule has 0 radical (unpaired) electrons. The highest BCUT2D eigenvalue weighted by atomic mass is 32.2. The number of carbonyl (C=O) groups excluding carboxylic acids is 1. The number of amides is 1. The molecule has 1 aliphatic rings. The summed E-state index contributed by atoms with van der Waals surface area (Å²) in [4.78, 5) is 12.5. The molecule has 1 heterocycles. The van der Waals surface area contributed by atoms with Gasteiger partial charge in [0.1, 0.15) is 0 Å². The number of hydrogen-bond donors (Lipinski definition) is 1. The first-order valence-electron chi connectivity index (χ1n) is 9.62. The molecule has 26 heavy (non-hydrogen) atoms. The summed E-state index contributed by atoms with van der Waals surface area (Å²) >= 11 is 1.48. The average molecular weight is 373 g/mol. The summed E-state index contributed by atoms with van der Waals surface area (Å²) < 4.78 is 2.07. The van der Waals surface area contributed by atoms with Gasteiger partial charge in [-0.2, -0.15) is 0 Å². The molecule has 0 bridgehead atoms. The minimum atomic E-state index is -0.184. The van der Waals surface area contributed by atoms with Crippen LogP contribution in [-0.2, 0) is 11.3 Å². The zero-order valence-corrected chi connectivity index (χ0v) is 16.5. The summed E-state index contributed by atoms with van der Waals surface area (Å²) in [6.45, 7) is 5.60. The van der Waals surface area contributed by atoms with Crippen LogP contribution in [-0.4, -0.2) is 32.5 Å². The Labute approximate surface area is 160 Å². The van der Waals surface area contributed by atoms with Crippen molar-refractivity contribution in [2.24, 2.45) is 5.92 Å². The van der Waals surface area contributed by atoms with Gasteiger partial charge in [-0.05, 0) is 32.6 Å². The van der Waals surface area contributed by atoms with Gasteiger partial charge in [0.2, 0.25) is 5.91 Å². The van der Waals surface area contributed by atoms with Crippen molar-refractivity contribution in [2.45, 2.75) is 62.9 Å². The molecule has 5 nitrogen and oxygen atoms in total. The van der Waals surface area contributed by atoms with Crippen LogP contribution in [0.3, 0.4) is 0 Å². The number of hydrogen-bond acceptors (Lipinski definition) is 4. The second kappa shape index (κ2) is 9.21. The molecule has 1 aliphatic carbocycles. The van der Waals surface area contributed by atoms with Gasteiger partial charge in [-0.15, -0.1) is 10.2 Å². The lowest BCUT2D eigenvalue weighted by Gasteiger charge is -2.22. The molecule has 140 valence electrons. The molecule has 0 aliphatic heterocycles. The normalized spacial score (nSPS) is 16.4. The van der Waals surface area contributed by atoms with Gasteiger partial charge in [0.25, 0.3) is 0 Å². The molecular weight excluding hydrogens is 344 g/mol. The van der Waals surface area contributed by atoms with Crippen molar-refractivity contribution >= 4 is 17.7 Å². The van der Waals surface area contributed by atoms with Gasteiger partial charge in [0.05, 0.1) is 5.25 Å². The largest absolute Gasteiger partial charge is 0.355 e. The second-order valence-corrected chi connectivity index (χ2v) is 8.23. The van der Waals surface area contributed by atoms with Crippen molar-refractivity contribution in [3.05, 3.63) is 30.3 Å². The Bertz CT molecular complexity index is 710. The lowest BCUT2D eigenvalue weighted by atomic mass is 9.89. The summed E-state index contributed by atoms with van der Waals surface area (Å²) in [5, 5.41) is 12.4. The predicted molar refractivity (Wildman–Crippen MR) is 106 cm³/mol. The number of aromatic nitrogens is 3. The molecule has 6 heteroatoms. The minimum absolute atomic E-state index is 0.0903. The van der Waals surface area contributed by atoms with E-state index in [-0.39, 0.29) is 11.2 Å². The van der Waals surface area contributed by atoms with Crippen LogP contribution in [0.4, 0.5) is 0 Å². The molecule has 1 N–H and O–H groups in total. The van der Waals surface area contributed by atoms with E-state index in [1.807, 2.05) is 37.3 Å². The lowest BCUT2D eigenvalue weighted by Crippen LogP contribution is -2.35. The molecule has 1 aromatic carbocycles. The first-order valence-corrected chi connectivity index (χ1v) is 10.5. The lowest BCUT2D eigenvalue weighted by molar-refractivity contribution is -0.120. The summed E-state index contributed by atoms with van der Waals surface area (Å²) in [5.41, 5.74) is 1.04. The maximum absolute atomic E-state index is 12.5. The zero-order chi connectivity index (χ0) is 18.4. The van der Waals surface area contributed by atoms with E-state index in [1.54, 1.807) is 0 Å². The third kappa shape index (κ3) is 4.67. The van der Waals surface area contributed by atoms with Crippen LogP contribution >= 0.6 is 11.8 Å². The van der Waals surface area contributed by atoms with Gasteiger partial charge in [-0.3, -0.25) is 4.79 Å². The van der Waals surface area contributed by atoms with Crippen molar-refractivity contribution in [1.29, 1.82) is 0 Å². The predicted octanol–water partition coefficient (Wildman–Crippen LogP) is 4.14. The van der Waals surface area contributed by atoms with E-state index in [9.17, 15) is 4.79 Å². The number of nitrogens with one attached hydrogen (secondary N) is 1. The molecule has 1 fully saturated rings. The molecule has 2 aromatic rings. The Morgan fingerprint density at radius 1 is 1.23 bits per heavy atom. The Morgan fingerprint density at radius 3 is 2.65 bits per heavy atom. The Morgan fingerprint density at radius 2 is 1.96 bits per heavy atom. The monoisotopic (exact) mass is 372 g/mol. The van der Waals surface area contributed by atoms with Crippen molar-refractivity contribution < 1.29 is 4.79 Å². The summed E-state index contributed by atoms with van der Waals surface area (Å²) in [6.07, 6.45) is 6.42. The van der Waals surface area contributed by atoms with E-state index in [0.29, 0.717) is 5.92 Å². The zero-order valence-electron chi connectivity index (χ0n) is 15.6. The topological polar surface area (TPSA) is 59.8 Å². The highest BCUT2D eigenvalue weighted by Gasteiger charge is 2.21. The SMILES string of the molecule is CCn1c(S[C@H](C)C(=O)NCC2CCCCC2)nnc1-c1ccccc1. The number of benzene rings is 1. The minimum Gasteiger partial charge on any atom is -0.355 e. The molecule has 0 unspecified atom stereocenters. The summed E-state index contributed by atoms with van der Waals surface area (Å²) in [7, 11) is 0. The quantitative estimate of drug-likeness (QED) is 0.742. The fraction of sp³-hybridized carbons (Fsp3) is 0.550. The molecule has 3 rings (SSSR count). The highest BCUT2D eigenvalue weighted by Crippen LogP contribution is 2.27. The molecule has 1 atom stereocenters. The number of thioether (sulfide) groups is 1. The maximum atomic E-state index is 12.5. The van der Waals surface area contributed by atoms with E-state index >= 15 is 0 Å². The molecule has 1 aromatic heterocycles. The molecule has 0 saturated heterocycles. The van der Waals surface area contributed by atoms with Gasteiger partial charge in [-0.25, -0.2) is 0 Å². The summed E-state index contributed by atoms with van der Waals surface area (Å²) in [5.74, 6) is 1.59. The van der Waals surface area contributed by atoms with E-state index in [1.165, 1.54) is 43.9 Å². The molecule has 1 amide bonds. The van der Waals surface area contributed by atoms with Gasteiger partial charge < -0.3 is 9.88 Å². The van der Waals surface area contributed by atoms with Crippen LogP contribution < -0.4 is 5.32 Å². The van der Waals surface area contributed by atoms with Crippen LogP contribution in [0.2, 0.25) is 0 Å². The van der Waals surface area contributed by atoms with Gasteiger partial charge >= 0.3 is 0 Å². The Hall–Kier alpha value is -1.82. The van der Waals surface area contributed by atoms with Gasteiger partial charge in [0.15, 0.2) is 11.0 Å². The maximum Gasteiger partial charge on any atom is 0.233 e. The third-order valence-electron chi connectivity index (χ3n) is 5.01. The van der Waals surface area contributed by atoms with E-state index in [2.05, 4.69) is 27.0 Å². The molecule has 0 spiro atoms. The van der Waals surface area contributed by atoms with Crippen molar-refractivity contribution in [3.63, 3.8) is 0 Å². The van der Waals surface area contributed by atoms with Crippen LogP contribution in [0.5, 0.6) is 0 Å². The van der Waals surface area contributed by atoms with E-state index in [0.717, 1.165) is 29.6 Å². The molecule has 1 saturated carbocycles. The fourth-order valence-electron chi connectivity index (χ4n) is 3.45. The fourth-order valence-corrected chi connectivity index (χ4v) is 4.39. The van der Waals surface area contributed by atoms with Crippen molar-refractivity contribution in [1.82, 2.24) is 20.1 Å². The van der Waals surface area contributed by atoms with Gasteiger partial charge in [0, 0.05) is 18.7 Å².